The van der Waals surface area contributed by atoms with E-state index in [0.29, 0.717) is 22.7 Å². The molecule has 0 spiro atoms. The van der Waals surface area contributed by atoms with Crippen LogP contribution in [0.25, 0.3) is 0 Å². The second kappa shape index (κ2) is 5.27. The van der Waals surface area contributed by atoms with Gasteiger partial charge in [0.05, 0.1) is 16.6 Å². The van der Waals surface area contributed by atoms with Crippen molar-refractivity contribution in [3.8, 4) is 0 Å². The maximum absolute atomic E-state index is 13.3. The van der Waals surface area contributed by atoms with Crippen LogP contribution in [0.5, 0.6) is 0 Å². The number of hydrogen-bond donors (Lipinski definition) is 1. The van der Waals surface area contributed by atoms with E-state index in [4.69, 9.17) is 11.6 Å². The number of amides is 1. The minimum atomic E-state index is -0.338. The number of nitrogens with zero attached hydrogens (tertiary/aromatic N) is 4. The number of aromatic nitrogens is 4. The summed E-state index contributed by atoms with van der Waals surface area (Å²) in [4.78, 5) is 21.5. The fraction of sp³-hybridized carbons (Fsp3) is 0.556. The van der Waals surface area contributed by atoms with Crippen LogP contribution in [0.15, 0.2) is 31.0 Å². The van der Waals surface area contributed by atoms with Gasteiger partial charge in [0, 0.05) is 6.20 Å². The lowest BCUT2D eigenvalue weighted by molar-refractivity contribution is -0.150. The summed E-state index contributed by atoms with van der Waals surface area (Å²) in [5.74, 6) is 1.25. The SMILES string of the molecule is O=C(Nc1cccnc1Cl)C12C[C@H]3C[C@@H](C1)CC(n1cncn1)(C3)C2. The van der Waals surface area contributed by atoms with Crippen molar-refractivity contribution in [2.75, 3.05) is 5.32 Å². The lowest BCUT2D eigenvalue weighted by atomic mass is 9.46. The Bertz CT molecular complexity index is 807. The van der Waals surface area contributed by atoms with E-state index in [0.717, 1.165) is 32.1 Å². The quantitative estimate of drug-likeness (QED) is 0.856. The highest BCUT2D eigenvalue weighted by Gasteiger charge is 2.61. The highest BCUT2D eigenvalue weighted by Crippen LogP contribution is 2.64. The molecule has 0 aliphatic heterocycles. The first kappa shape index (κ1) is 15.3. The van der Waals surface area contributed by atoms with E-state index in [2.05, 4.69) is 20.4 Å². The second-order valence-corrected chi connectivity index (χ2v) is 8.46. The van der Waals surface area contributed by atoms with E-state index in [9.17, 15) is 4.79 Å². The number of pyridine rings is 1. The maximum Gasteiger partial charge on any atom is 0.230 e. The zero-order valence-corrected chi connectivity index (χ0v) is 14.6. The standard InChI is InChI=1S/C18H20ClN5O/c19-15-14(2-1-3-21-15)23-16(25)17-5-12-4-13(6-17)8-18(7-12,9-17)24-11-20-10-22-24/h1-3,10-13H,4-9H2,(H,23,25)/t12-,13+,17?,18?. The van der Waals surface area contributed by atoms with E-state index in [1.807, 2.05) is 11.0 Å². The van der Waals surface area contributed by atoms with E-state index >= 15 is 0 Å². The minimum Gasteiger partial charge on any atom is -0.323 e. The minimum absolute atomic E-state index is 0.0589. The van der Waals surface area contributed by atoms with Crippen molar-refractivity contribution in [1.29, 1.82) is 0 Å². The monoisotopic (exact) mass is 357 g/mol. The highest BCUT2D eigenvalue weighted by atomic mass is 35.5. The van der Waals surface area contributed by atoms with Crippen molar-refractivity contribution in [2.45, 2.75) is 44.1 Å². The van der Waals surface area contributed by atoms with E-state index in [1.165, 1.54) is 6.42 Å². The van der Waals surface area contributed by atoms with Gasteiger partial charge in [0.25, 0.3) is 0 Å². The summed E-state index contributed by atoms with van der Waals surface area (Å²) < 4.78 is 2.02. The number of nitrogens with one attached hydrogen (secondary N) is 1. The summed E-state index contributed by atoms with van der Waals surface area (Å²) in [6.45, 7) is 0. The van der Waals surface area contributed by atoms with E-state index in [1.54, 1.807) is 24.7 Å². The van der Waals surface area contributed by atoms with Crippen LogP contribution < -0.4 is 5.32 Å². The molecule has 25 heavy (non-hydrogen) atoms. The molecule has 4 fully saturated rings. The van der Waals surface area contributed by atoms with Crippen molar-refractivity contribution < 1.29 is 4.79 Å². The van der Waals surface area contributed by atoms with Crippen LogP contribution in [0, 0.1) is 17.3 Å². The Kier molecular flexibility index (Phi) is 3.23. The third-order valence-corrected chi connectivity index (χ3v) is 6.73. The molecule has 1 N–H and O–H groups in total. The van der Waals surface area contributed by atoms with Gasteiger partial charge in [-0.2, -0.15) is 5.10 Å². The molecule has 6 nitrogen and oxygen atoms in total. The summed E-state index contributed by atoms with van der Waals surface area (Å²) in [5, 5.41) is 7.83. The zero-order valence-electron chi connectivity index (χ0n) is 13.9. The molecule has 1 amide bonds. The van der Waals surface area contributed by atoms with Gasteiger partial charge in [0.15, 0.2) is 5.15 Å². The molecule has 6 rings (SSSR count). The third kappa shape index (κ3) is 2.30. The molecule has 0 saturated heterocycles. The fourth-order valence-electron chi connectivity index (χ4n) is 5.94. The first-order valence-corrected chi connectivity index (χ1v) is 9.24. The summed E-state index contributed by atoms with van der Waals surface area (Å²) in [6.07, 6.45) is 11.2. The Labute approximate surface area is 151 Å². The average molecular weight is 358 g/mol. The Hall–Kier alpha value is -1.95. The number of rotatable bonds is 3. The molecule has 4 bridgehead atoms. The molecule has 4 atom stereocenters. The number of anilines is 1. The Morgan fingerprint density at radius 2 is 2.08 bits per heavy atom. The number of carbonyl (C=O) groups is 1. The van der Waals surface area contributed by atoms with Crippen LogP contribution in [0.4, 0.5) is 5.69 Å². The molecule has 2 unspecified atom stereocenters. The van der Waals surface area contributed by atoms with Crippen molar-refractivity contribution in [3.63, 3.8) is 0 Å². The topological polar surface area (TPSA) is 72.7 Å². The molecule has 2 aromatic rings. The summed E-state index contributed by atoms with van der Waals surface area (Å²) >= 11 is 6.14. The van der Waals surface area contributed by atoms with Crippen LogP contribution in [-0.2, 0) is 10.3 Å². The summed E-state index contributed by atoms with van der Waals surface area (Å²) in [5.41, 5.74) is 0.200. The molecule has 4 aliphatic rings. The zero-order chi connectivity index (χ0) is 17.1. The molecular formula is C18H20ClN5O. The smallest absolute Gasteiger partial charge is 0.230 e. The van der Waals surface area contributed by atoms with Gasteiger partial charge in [0.1, 0.15) is 12.7 Å². The van der Waals surface area contributed by atoms with Gasteiger partial charge in [-0.25, -0.2) is 14.6 Å². The lowest BCUT2D eigenvalue weighted by Gasteiger charge is -2.60. The Balaban J connectivity index is 1.49. The lowest BCUT2D eigenvalue weighted by Crippen LogP contribution is -2.60. The van der Waals surface area contributed by atoms with Crippen LogP contribution in [0.2, 0.25) is 5.15 Å². The van der Waals surface area contributed by atoms with E-state index in [-0.39, 0.29) is 16.9 Å². The van der Waals surface area contributed by atoms with Gasteiger partial charge in [-0.05, 0) is 62.5 Å². The Morgan fingerprint density at radius 3 is 2.76 bits per heavy atom. The van der Waals surface area contributed by atoms with Crippen molar-refractivity contribution in [1.82, 2.24) is 19.7 Å². The maximum atomic E-state index is 13.3. The molecule has 4 saturated carbocycles. The van der Waals surface area contributed by atoms with Gasteiger partial charge in [-0.3, -0.25) is 4.79 Å². The van der Waals surface area contributed by atoms with Gasteiger partial charge in [-0.1, -0.05) is 11.6 Å². The van der Waals surface area contributed by atoms with Crippen LogP contribution in [0.3, 0.4) is 0 Å². The predicted molar refractivity (Wildman–Crippen MR) is 93.0 cm³/mol. The van der Waals surface area contributed by atoms with Crippen molar-refractivity contribution in [3.05, 3.63) is 36.1 Å². The summed E-state index contributed by atoms with van der Waals surface area (Å²) in [7, 11) is 0. The van der Waals surface area contributed by atoms with Gasteiger partial charge < -0.3 is 5.32 Å². The van der Waals surface area contributed by atoms with Crippen molar-refractivity contribution >= 4 is 23.2 Å². The molecule has 0 radical (unpaired) electrons. The molecule has 2 aromatic heterocycles. The summed E-state index contributed by atoms with van der Waals surface area (Å²) in [6, 6.07) is 3.60. The van der Waals surface area contributed by atoms with Gasteiger partial charge in [0.2, 0.25) is 5.91 Å². The average Bonchev–Trinajstić information content (AvgIpc) is 3.11. The molecule has 0 aromatic carbocycles. The van der Waals surface area contributed by atoms with Crippen LogP contribution >= 0.6 is 11.6 Å². The predicted octanol–water partition coefficient (Wildman–Crippen LogP) is 3.26. The number of carbonyl (C=O) groups excluding carboxylic acids is 1. The van der Waals surface area contributed by atoms with Crippen LogP contribution in [-0.4, -0.2) is 25.7 Å². The first-order chi connectivity index (χ1) is 12.1. The third-order valence-electron chi connectivity index (χ3n) is 6.42. The van der Waals surface area contributed by atoms with Gasteiger partial charge >= 0.3 is 0 Å². The molecule has 7 heteroatoms. The Morgan fingerprint density at radius 1 is 1.28 bits per heavy atom. The van der Waals surface area contributed by atoms with Crippen LogP contribution in [0.1, 0.15) is 38.5 Å². The van der Waals surface area contributed by atoms with E-state index < -0.39 is 0 Å². The highest BCUT2D eigenvalue weighted by molar-refractivity contribution is 6.32. The fourth-order valence-corrected chi connectivity index (χ4v) is 6.10. The molecular weight excluding hydrogens is 338 g/mol. The molecule has 130 valence electrons. The van der Waals surface area contributed by atoms with Gasteiger partial charge in [-0.15, -0.1) is 0 Å². The molecule has 2 heterocycles. The molecule has 4 aliphatic carbocycles. The number of hydrogen-bond acceptors (Lipinski definition) is 4. The largest absolute Gasteiger partial charge is 0.323 e. The second-order valence-electron chi connectivity index (χ2n) is 8.10. The first-order valence-electron chi connectivity index (χ1n) is 8.86. The van der Waals surface area contributed by atoms with Crippen molar-refractivity contribution in [2.24, 2.45) is 17.3 Å². The number of halogens is 1. The normalized spacial score (nSPS) is 35.7.